The molecule has 2 aromatic rings. The van der Waals surface area contributed by atoms with E-state index in [1.165, 1.54) is 50.1 Å². The lowest BCUT2D eigenvalue weighted by atomic mass is 9.80. The van der Waals surface area contributed by atoms with Crippen molar-refractivity contribution in [2.24, 2.45) is 0 Å². The zero-order chi connectivity index (χ0) is 21.2. The number of rotatable bonds is 6. The summed E-state index contributed by atoms with van der Waals surface area (Å²) in [6.07, 6.45) is 10.7. The van der Waals surface area contributed by atoms with E-state index in [2.05, 4.69) is 102 Å². The van der Waals surface area contributed by atoms with Crippen molar-refractivity contribution in [3.05, 3.63) is 95.1 Å². The molecule has 0 nitrogen and oxygen atoms in total. The van der Waals surface area contributed by atoms with E-state index in [9.17, 15) is 0 Å². The lowest BCUT2D eigenvalue weighted by Gasteiger charge is -2.23. The Bertz CT molecular complexity index is 1030. The van der Waals surface area contributed by atoms with Crippen LogP contribution in [0.4, 0.5) is 0 Å². The highest BCUT2D eigenvalue weighted by atomic mass is 32.2. The molecule has 0 atom stereocenters. The van der Waals surface area contributed by atoms with Gasteiger partial charge in [0.05, 0.1) is 0 Å². The molecule has 0 N–H and O–H groups in total. The molecule has 0 unspecified atom stereocenters. The molecular formula is C28H32S. The minimum Gasteiger partial charge on any atom is -0.161 e. The zero-order valence-electron chi connectivity index (χ0n) is 18.6. The molecule has 150 valence electrons. The fourth-order valence-electron chi connectivity index (χ4n) is 4.43. The maximum absolute atomic E-state index is 3.92. The van der Waals surface area contributed by atoms with Gasteiger partial charge in [0.1, 0.15) is 0 Å². The quantitative estimate of drug-likeness (QED) is 0.439. The monoisotopic (exact) mass is 400 g/mol. The number of hydrogen-bond donors (Lipinski definition) is 0. The van der Waals surface area contributed by atoms with E-state index in [1.54, 1.807) is 0 Å². The van der Waals surface area contributed by atoms with Crippen molar-refractivity contribution in [2.45, 2.75) is 40.0 Å². The first kappa shape index (κ1) is 21.5. The van der Waals surface area contributed by atoms with Crippen LogP contribution in [0.25, 0.3) is 22.3 Å². The molecule has 1 aliphatic rings. The predicted molar refractivity (Wildman–Crippen MR) is 134 cm³/mol. The van der Waals surface area contributed by atoms with Gasteiger partial charge in [-0.25, -0.2) is 0 Å². The molecule has 3 rings (SSSR count). The summed E-state index contributed by atoms with van der Waals surface area (Å²) in [5, 5.41) is 0. The molecule has 0 bridgehead atoms. The fourth-order valence-corrected chi connectivity index (χ4v) is 4.97. The summed E-state index contributed by atoms with van der Waals surface area (Å²) in [7, 11) is 0. The van der Waals surface area contributed by atoms with Gasteiger partial charge in [0.25, 0.3) is 0 Å². The second kappa shape index (κ2) is 8.63. The summed E-state index contributed by atoms with van der Waals surface area (Å²) < 4.78 is 0. The predicted octanol–water partition coefficient (Wildman–Crippen LogP) is 8.29. The Kier molecular flexibility index (Phi) is 6.39. The Morgan fingerprint density at radius 1 is 1.03 bits per heavy atom. The van der Waals surface area contributed by atoms with Crippen LogP contribution in [0.15, 0.2) is 72.9 Å². The summed E-state index contributed by atoms with van der Waals surface area (Å²) in [5.74, 6) is 1.05. The normalized spacial score (nSPS) is 15.9. The van der Waals surface area contributed by atoms with Gasteiger partial charge in [-0.1, -0.05) is 74.6 Å². The first-order chi connectivity index (χ1) is 13.8. The molecule has 0 fully saturated rings. The van der Waals surface area contributed by atoms with Crippen LogP contribution < -0.4 is 0 Å². The Hall–Kier alpha value is -2.25. The van der Waals surface area contributed by atoms with Crippen LogP contribution in [0.5, 0.6) is 0 Å². The Morgan fingerprint density at radius 3 is 2.41 bits per heavy atom. The van der Waals surface area contributed by atoms with Crippen LogP contribution >= 0.6 is 11.8 Å². The third kappa shape index (κ3) is 3.94. The number of hydrogen-bond acceptors (Lipinski definition) is 1. The first-order valence-electron chi connectivity index (χ1n) is 10.3. The Labute approximate surface area is 181 Å². The second-order valence-electron chi connectivity index (χ2n) is 8.37. The van der Waals surface area contributed by atoms with Gasteiger partial charge in [-0.3, -0.25) is 0 Å². The number of fused-ring (bicyclic) bond motifs is 3. The Morgan fingerprint density at radius 2 is 1.76 bits per heavy atom. The summed E-state index contributed by atoms with van der Waals surface area (Å²) >= 11 is 1.87. The van der Waals surface area contributed by atoms with Crippen molar-refractivity contribution in [1.82, 2.24) is 0 Å². The standard InChI is InChI=1S/C28H32S/c1-8-12-20(4)23-16-25-22-13-10-11-14-26(22)28(5,6)27(25)17-24(23)21(9-2)15-19(3)18-29-7/h8-17H,1,18H2,2-7H3. The topological polar surface area (TPSA) is 0 Å². The van der Waals surface area contributed by atoms with E-state index >= 15 is 0 Å². The van der Waals surface area contributed by atoms with Crippen LogP contribution in [0.1, 0.15) is 56.9 Å². The van der Waals surface area contributed by atoms with Crippen LogP contribution in [-0.2, 0) is 5.41 Å². The molecule has 0 heterocycles. The molecule has 0 aliphatic heterocycles. The van der Waals surface area contributed by atoms with E-state index < -0.39 is 0 Å². The van der Waals surface area contributed by atoms with Gasteiger partial charge in [0.2, 0.25) is 0 Å². The van der Waals surface area contributed by atoms with Crippen LogP contribution in [-0.4, -0.2) is 12.0 Å². The third-order valence-electron chi connectivity index (χ3n) is 5.91. The average molecular weight is 401 g/mol. The van der Waals surface area contributed by atoms with Crippen molar-refractivity contribution in [3.63, 3.8) is 0 Å². The average Bonchev–Trinajstić information content (AvgIpc) is 2.93. The van der Waals surface area contributed by atoms with Crippen molar-refractivity contribution in [2.75, 3.05) is 12.0 Å². The molecule has 0 aromatic heterocycles. The fraction of sp³-hybridized carbons (Fsp3) is 0.286. The molecular weight excluding hydrogens is 368 g/mol. The molecule has 0 radical (unpaired) electrons. The van der Waals surface area contributed by atoms with Crippen molar-refractivity contribution >= 4 is 22.9 Å². The lowest BCUT2D eigenvalue weighted by molar-refractivity contribution is 0.660. The van der Waals surface area contributed by atoms with Crippen LogP contribution in [0, 0.1) is 0 Å². The molecule has 0 spiro atoms. The Balaban J connectivity index is 2.31. The molecule has 0 saturated heterocycles. The van der Waals surface area contributed by atoms with Gasteiger partial charge in [0.15, 0.2) is 0 Å². The summed E-state index contributed by atoms with van der Waals surface area (Å²) in [4.78, 5) is 0. The SMILES string of the molecule is C=CC=C(C)c1cc2c(cc1C(C=C(C)CSC)=CC)C(C)(C)c1ccccc1-2. The summed E-state index contributed by atoms with van der Waals surface area (Å²) in [6.45, 7) is 15.2. The minimum absolute atomic E-state index is 0.00609. The van der Waals surface area contributed by atoms with Crippen molar-refractivity contribution < 1.29 is 0 Å². The van der Waals surface area contributed by atoms with Gasteiger partial charge in [-0.2, -0.15) is 11.8 Å². The van der Waals surface area contributed by atoms with E-state index in [0.29, 0.717) is 0 Å². The van der Waals surface area contributed by atoms with Crippen LogP contribution in [0.3, 0.4) is 0 Å². The molecule has 1 aliphatic carbocycles. The minimum atomic E-state index is 0.00609. The molecule has 0 amide bonds. The number of benzene rings is 2. The van der Waals surface area contributed by atoms with E-state index in [1.807, 2.05) is 17.8 Å². The highest BCUT2D eigenvalue weighted by Gasteiger charge is 2.36. The van der Waals surface area contributed by atoms with E-state index in [-0.39, 0.29) is 5.41 Å². The third-order valence-corrected chi connectivity index (χ3v) is 6.65. The highest BCUT2D eigenvalue weighted by molar-refractivity contribution is 7.98. The van der Waals surface area contributed by atoms with Gasteiger partial charge in [-0.15, -0.1) is 0 Å². The van der Waals surface area contributed by atoms with Gasteiger partial charge in [0, 0.05) is 11.2 Å². The lowest BCUT2D eigenvalue weighted by Crippen LogP contribution is -2.15. The molecule has 29 heavy (non-hydrogen) atoms. The van der Waals surface area contributed by atoms with Gasteiger partial charge in [-0.05, 0) is 83.7 Å². The van der Waals surface area contributed by atoms with E-state index in [0.717, 1.165) is 5.75 Å². The first-order valence-corrected chi connectivity index (χ1v) is 11.7. The van der Waals surface area contributed by atoms with Crippen molar-refractivity contribution in [3.8, 4) is 11.1 Å². The molecule has 2 aromatic carbocycles. The molecule has 1 heteroatoms. The maximum Gasteiger partial charge on any atom is 0.0159 e. The van der Waals surface area contributed by atoms with Gasteiger partial charge < -0.3 is 0 Å². The zero-order valence-corrected chi connectivity index (χ0v) is 19.4. The summed E-state index contributed by atoms with van der Waals surface area (Å²) in [6, 6.07) is 13.7. The largest absolute Gasteiger partial charge is 0.161 e. The second-order valence-corrected chi connectivity index (χ2v) is 9.23. The summed E-state index contributed by atoms with van der Waals surface area (Å²) in [5.41, 5.74) is 12.1. The van der Waals surface area contributed by atoms with Crippen LogP contribution in [0.2, 0.25) is 0 Å². The number of thioether (sulfide) groups is 1. The highest BCUT2D eigenvalue weighted by Crippen LogP contribution is 2.50. The maximum atomic E-state index is 3.92. The smallest absolute Gasteiger partial charge is 0.0159 e. The molecule has 0 saturated carbocycles. The van der Waals surface area contributed by atoms with Gasteiger partial charge >= 0.3 is 0 Å². The van der Waals surface area contributed by atoms with E-state index in [4.69, 9.17) is 0 Å². The van der Waals surface area contributed by atoms with Crippen molar-refractivity contribution in [1.29, 1.82) is 0 Å². The number of allylic oxidation sites excluding steroid dienone is 6.